The van der Waals surface area contributed by atoms with Gasteiger partial charge in [-0.15, -0.1) is 0 Å². The molecule has 2 atom stereocenters. The van der Waals surface area contributed by atoms with Crippen molar-refractivity contribution in [2.24, 2.45) is 17.6 Å². The second-order valence-electron chi connectivity index (χ2n) is 5.57. The summed E-state index contributed by atoms with van der Waals surface area (Å²) in [5, 5.41) is 2.83. The van der Waals surface area contributed by atoms with Crippen molar-refractivity contribution in [1.29, 1.82) is 0 Å². The van der Waals surface area contributed by atoms with Crippen molar-refractivity contribution < 1.29 is 9.53 Å². The number of amides is 1. The van der Waals surface area contributed by atoms with Gasteiger partial charge in [0.2, 0.25) is 0 Å². The van der Waals surface area contributed by atoms with E-state index in [0.29, 0.717) is 18.4 Å². The predicted molar refractivity (Wildman–Crippen MR) is 64.1 cm³/mol. The maximum Gasteiger partial charge on any atom is 0.407 e. The molecule has 0 aromatic carbocycles. The van der Waals surface area contributed by atoms with Crippen LogP contribution in [0.5, 0.6) is 0 Å². The molecule has 4 heteroatoms. The van der Waals surface area contributed by atoms with Gasteiger partial charge in [-0.3, -0.25) is 0 Å². The summed E-state index contributed by atoms with van der Waals surface area (Å²) in [5.41, 5.74) is 5.26. The highest BCUT2D eigenvalue weighted by molar-refractivity contribution is 5.67. The number of carbonyl (C=O) groups is 1. The van der Waals surface area contributed by atoms with E-state index in [9.17, 15) is 4.79 Å². The fourth-order valence-corrected chi connectivity index (χ4v) is 2.22. The first kappa shape index (κ1) is 13.3. The monoisotopic (exact) mass is 228 g/mol. The Balaban J connectivity index is 2.26. The maximum atomic E-state index is 11.4. The number of ether oxygens (including phenoxy) is 1. The number of alkyl carbamates (subject to hydrolysis) is 1. The van der Waals surface area contributed by atoms with Crippen molar-refractivity contribution in [2.45, 2.75) is 45.6 Å². The molecule has 0 unspecified atom stereocenters. The summed E-state index contributed by atoms with van der Waals surface area (Å²) in [5.74, 6) is 1.09. The van der Waals surface area contributed by atoms with Crippen LogP contribution in [0.3, 0.4) is 0 Å². The van der Waals surface area contributed by atoms with Gasteiger partial charge < -0.3 is 15.8 Å². The van der Waals surface area contributed by atoms with E-state index >= 15 is 0 Å². The molecule has 1 aliphatic rings. The van der Waals surface area contributed by atoms with Gasteiger partial charge in [0.15, 0.2) is 0 Å². The summed E-state index contributed by atoms with van der Waals surface area (Å²) >= 11 is 0. The highest BCUT2D eigenvalue weighted by Gasteiger charge is 2.26. The average molecular weight is 228 g/mol. The van der Waals surface area contributed by atoms with E-state index in [2.05, 4.69) is 5.32 Å². The Bertz CT molecular complexity index is 236. The standard InChI is InChI=1S/C12H24N2O2/c1-12(2,3)16-11(15)14-8-10-6-4-5-9(10)7-13/h9-10H,4-8,13H2,1-3H3,(H,14,15)/t9-,10+/m0/s1. The van der Waals surface area contributed by atoms with Gasteiger partial charge >= 0.3 is 6.09 Å². The zero-order valence-electron chi connectivity index (χ0n) is 10.6. The van der Waals surface area contributed by atoms with Crippen LogP contribution in [0.25, 0.3) is 0 Å². The van der Waals surface area contributed by atoms with Crippen LogP contribution >= 0.6 is 0 Å². The third kappa shape index (κ3) is 4.39. The average Bonchev–Trinajstić information content (AvgIpc) is 2.59. The summed E-state index contributed by atoms with van der Waals surface area (Å²) in [4.78, 5) is 11.4. The number of carbonyl (C=O) groups excluding carboxylic acids is 1. The van der Waals surface area contributed by atoms with Crippen LogP contribution in [0.15, 0.2) is 0 Å². The Hall–Kier alpha value is -0.770. The zero-order valence-corrected chi connectivity index (χ0v) is 10.6. The smallest absolute Gasteiger partial charge is 0.407 e. The lowest BCUT2D eigenvalue weighted by molar-refractivity contribution is 0.0516. The summed E-state index contributed by atoms with van der Waals surface area (Å²) in [7, 11) is 0. The van der Waals surface area contributed by atoms with Gasteiger partial charge in [0, 0.05) is 6.54 Å². The Morgan fingerprint density at radius 3 is 2.56 bits per heavy atom. The molecule has 1 rings (SSSR count). The van der Waals surface area contributed by atoms with E-state index in [1.54, 1.807) is 0 Å². The number of rotatable bonds is 3. The molecule has 94 valence electrons. The lowest BCUT2D eigenvalue weighted by Crippen LogP contribution is -2.36. The van der Waals surface area contributed by atoms with Gasteiger partial charge in [-0.25, -0.2) is 4.79 Å². The van der Waals surface area contributed by atoms with Crippen LogP contribution in [0.2, 0.25) is 0 Å². The lowest BCUT2D eigenvalue weighted by Gasteiger charge is -2.22. The van der Waals surface area contributed by atoms with Crippen molar-refractivity contribution in [2.75, 3.05) is 13.1 Å². The molecule has 0 heterocycles. The number of hydrogen-bond donors (Lipinski definition) is 2. The molecule has 0 bridgehead atoms. The van der Waals surface area contributed by atoms with Crippen LogP contribution in [0, 0.1) is 11.8 Å². The van der Waals surface area contributed by atoms with E-state index in [4.69, 9.17) is 10.5 Å². The molecule has 16 heavy (non-hydrogen) atoms. The molecule has 1 aliphatic carbocycles. The predicted octanol–water partition coefficient (Wildman–Crippen LogP) is 1.89. The van der Waals surface area contributed by atoms with Crippen molar-refractivity contribution >= 4 is 6.09 Å². The minimum atomic E-state index is -0.424. The molecule has 1 amide bonds. The van der Waals surface area contributed by atoms with Crippen molar-refractivity contribution in [1.82, 2.24) is 5.32 Å². The van der Waals surface area contributed by atoms with Crippen molar-refractivity contribution in [3.63, 3.8) is 0 Å². The molecular weight excluding hydrogens is 204 g/mol. The second kappa shape index (κ2) is 5.53. The van der Waals surface area contributed by atoms with Gasteiger partial charge in [-0.2, -0.15) is 0 Å². The molecule has 1 fully saturated rings. The van der Waals surface area contributed by atoms with Crippen LogP contribution < -0.4 is 11.1 Å². The molecule has 0 aromatic heterocycles. The Labute approximate surface area is 97.9 Å². The maximum absolute atomic E-state index is 11.4. The van der Waals surface area contributed by atoms with E-state index in [1.807, 2.05) is 20.8 Å². The molecule has 0 saturated heterocycles. The Morgan fingerprint density at radius 2 is 2.00 bits per heavy atom. The fourth-order valence-electron chi connectivity index (χ4n) is 2.22. The van der Waals surface area contributed by atoms with Gasteiger partial charge in [0.05, 0.1) is 0 Å². The largest absolute Gasteiger partial charge is 0.444 e. The van der Waals surface area contributed by atoms with E-state index < -0.39 is 5.60 Å². The lowest BCUT2D eigenvalue weighted by atomic mass is 9.96. The number of nitrogens with two attached hydrogens (primary N) is 1. The van der Waals surface area contributed by atoms with Gasteiger partial charge in [0.1, 0.15) is 5.60 Å². The summed E-state index contributed by atoms with van der Waals surface area (Å²) in [6.45, 7) is 7.01. The highest BCUT2D eigenvalue weighted by Crippen LogP contribution is 2.30. The summed E-state index contributed by atoms with van der Waals surface area (Å²) < 4.78 is 5.19. The number of hydrogen-bond acceptors (Lipinski definition) is 3. The Kier molecular flexibility index (Phi) is 4.59. The molecular formula is C12H24N2O2. The molecule has 3 N–H and O–H groups in total. The first-order valence-corrected chi connectivity index (χ1v) is 6.09. The van der Waals surface area contributed by atoms with Crippen LogP contribution in [-0.2, 0) is 4.74 Å². The van der Waals surface area contributed by atoms with Gasteiger partial charge in [0.25, 0.3) is 0 Å². The van der Waals surface area contributed by atoms with E-state index in [1.165, 1.54) is 12.8 Å². The van der Waals surface area contributed by atoms with Crippen molar-refractivity contribution in [3.8, 4) is 0 Å². The topological polar surface area (TPSA) is 64.3 Å². The zero-order chi connectivity index (χ0) is 12.2. The van der Waals surface area contributed by atoms with Gasteiger partial charge in [-0.1, -0.05) is 6.42 Å². The molecule has 4 nitrogen and oxygen atoms in total. The SMILES string of the molecule is CC(C)(C)OC(=O)NC[C@H]1CCC[C@H]1CN. The minimum absolute atomic E-state index is 0.324. The molecule has 0 spiro atoms. The second-order valence-corrected chi connectivity index (χ2v) is 5.57. The quantitative estimate of drug-likeness (QED) is 0.775. The highest BCUT2D eigenvalue weighted by atomic mass is 16.6. The minimum Gasteiger partial charge on any atom is -0.444 e. The van der Waals surface area contributed by atoms with Gasteiger partial charge in [-0.05, 0) is 52.0 Å². The molecule has 0 aromatic rings. The summed E-state index contributed by atoms with van der Waals surface area (Å²) in [6, 6.07) is 0. The number of nitrogens with one attached hydrogen (secondary N) is 1. The fraction of sp³-hybridized carbons (Fsp3) is 0.917. The summed E-state index contributed by atoms with van der Waals surface area (Å²) in [6.07, 6.45) is 3.26. The third-order valence-electron chi connectivity index (χ3n) is 3.03. The molecule has 0 aliphatic heterocycles. The molecule has 0 radical (unpaired) electrons. The first-order valence-electron chi connectivity index (χ1n) is 6.09. The van der Waals surface area contributed by atoms with E-state index in [-0.39, 0.29) is 6.09 Å². The van der Waals surface area contributed by atoms with Crippen LogP contribution in [0.4, 0.5) is 4.79 Å². The third-order valence-corrected chi connectivity index (χ3v) is 3.03. The van der Waals surface area contributed by atoms with Crippen LogP contribution in [-0.4, -0.2) is 24.8 Å². The van der Waals surface area contributed by atoms with Crippen LogP contribution in [0.1, 0.15) is 40.0 Å². The van der Waals surface area contributed by atoms with Crippen molar-refractivity contribution in [3.05, 3.63) is 0 Å². The first-order chi connectivity index (χ1) is 7.42. The Morgan fingerprint density at radius 1 is 1.38 bits per heavy atom. The van der Waals surface area contributed by atoms with E-state index in [0.717, 1.165) is 13.0 Å². The normalized spacial score (nSPS) is 25.5. The molecule has 1 saturated carbocycles.